The van der Waals surface area contributed by atoms with Gasteiger partial charge in [-0.25, -0.2) is 0 Å². The molecule has 0 aromatic carbocycles. The average molecular weight is 354 g/mol. The molecule has 5 atom stereocenters. The van der Waals surface area contributed by atoms with E-state index >= 15 is 0 Å². The van der Waals surface area contributed by atoms with Crippen molar-refractivity contribution in [2.45, 2.75) is 65.7 Å². The zero-order valence-corrected chi connectivity index (χ0v) is 15.7. The van der Waals surface area contributed by atoms with Crippen LogP contribution in [0.2, 0.25) is 0 Å². The van der Waals surface area contributed by atoms with Crippen molar-refractivity contribution in [2.24, 2.45) is 34.0 Å². The zero-order valence-electron chi connectivity index (χ0n) is 15.7. The van der Waals surface area contributed by atoms with Gasteiger partial charge in [-0.15, -0.1) is 0 Å². The molecule has 0 unspecified atom stereocenters. The summed E-state index contributed by atoms with van der Waals surface area (Å²) in [6.07, 6.45) is 12.6. The fourth-order valence-electron chi connectivity index (χ4n) is 7.46. The van der Waals surface area contributed by atoms with Gasteiger partial charge in [0.2, 0.25) is 0 Å². The van der Waals surface area contributed by atoms with Crippen LogP contribution < -0.4 is 0 Å². The maximum Gasteiger partial charge on any atom is 0.640 e. The summed E-state index contributed by atoms with van der Waals surface area (Å²) in [6.45, 7) is 7.13. The zero-order chi connectivity index (χ0) is 18.1. The van der Waals surface area contributed by atoms with Crippen LogP contribution in [0, 0.1) is 39.9 Å². The third-order valence-electron chi connectivity index (χ3n) is 8.42. The van der Waals surface area contributed by atoms with E-state index in [1.807, 2.05) is 0 Å². The fourth-order valence-corrected chi connectivity index (χ4v) is 7.46. The molecule has 0 aliphatic heterocycles. The second-order valence-electron chi connectivity index (χ2n) is 9.96. The van der Waals surface area contributed by atoms with Gasteiger partial charge < -0.3 is 17.6 Å². The van der Waals surface area contributed by atoms with Crippen molar-refractivity contribution in [1.82, 2.24) is 0 Å². The van der Waals surface area contributed by atoms with E-state index in [4.69, 9.17) is 0 Å². The smallest absolute Gasteiger partial charge is 0.472 e. The maximum absolute atomic E-state index is 12.6. The third kappa shape index (κ3) is 2.59. The van der Waals surface area contributed by atoms with Crippen LogP contribution >= 0.6 is 0 Å². The van der Waals surface area contributed by atoms with E-state index in [2.05, 4.69) is 37.6 Å². The van der Waals surface area contributed by atoms with Crippen molar-refractivity contribution < 1.29 is 17.6 Å². The average Bonchev–Trinajstić information content (AvgIpc) is 2.46. The first-order valence-corrected chi connectivity index (χ1v) is 9.95. The summed E-state index contributed by atoms with van der Waals surface area (Å²) in [4.78, 5) is 0. The SMILES string of the molecule is CC1(C)CCC[C@]2(C)[C@H]3CC[C+](CO[B-](F)(F)F)[C@H]4C=C[C@]43CC[C@@H]12. The summed E-state index contributed by atoms with van der Waals surface area (Å²) in [5, 5.41) is 0. The minimum atomic E-state index is -5.15. The lowest BCUT2D eigenvalue weighted by molar-refractivity contribution is -0.149. The normalized spacial score (nSPS) is 45.2. The highest BCUT2D eigenvalue weighted by molar-refractivity contribution is 6.51. The lowest BCUT2D eigenvalue weighted by Gasteiger charge is -2.66. The van der Waals surface area contributed by atoms with Crippen molar-refractivity contribution in [3.8, 4) is 0 Å². The van der Waals surface area contributed by atoms with Crippen LogP contribution in [0.1, 0.15) is 65.7 Å². The maximum atomic E-state index is 12.6. The molecule has 0 amide bonds. The van der Waals surface area contributed by atoms with Gasteiger partial charge in [-0.05, 0) is 60.8 Å². The highest BCUT2D eigenvalue weighted by atomic mass is 19.4. The minimum absolute atomic E-state index is 0.119. The summed E-state index contributed by atoms with van der Waals surface area (Å²) in [6, 6.07) is 0. The largest absolute Gasteiger partial charge is 0.640 e. The predicted octanol–water partition coefficient (Wildman–Crippen LogP) is 6.13. The quantitative estimate of drug-likeness (QED) is 0.336. The molecule has 3 fully saturated rings. The fraction of sp³-hybridized carbons (Fsp3) is 0.850. The summed E-state index contributed by atoms with van der Waals surface area (Å²) >= 11 is 0. The van der Waals surface area contributed by atoms with Gasteiger partial charge in [-0.1, -0.05) is 33.3 Å². The van der Waals surface area contributed by atoms with Gasteiger partial charge in [0.15, 0.2) is 6.61 Å². The first kappa shape index (κ1) is 17.8. The number of halogens is 3. The molecule has 0 heterocycles. The van der Waals surface area contributed by atoms with E-state index in [1.165, 1.54) is 25.7 Å². The Labute approximate surface area is 149 Å². The number of allylic oxidation sites excluding steroid dienone is 2. The Bertz CT molecular complexity index is 572. The van der Waals surface area contributed by atoms with Crippen LogP contribution in [0.25, 0.3) is 0 Å². The Kier molecular flexibility index (Phi) is 3.90. The Hall–Kier alpha value is -0.575. The topological polar surface area (TPSA) is 9.23 Å². The van der Waals surface area contributed by atoms with Crippen molar-refractivity contribution in [2.75, 3.05) is 6.61 Å². The molecule has 0 saturated heterocycles. The van der Waals surface area contributed by atoms with Gasteiger partial charge in [0, 0.05) is 5.41 Å². The van der Waals surface area contributed by atoms with Gasteiger partial charge in [0.25, 0.3) is 0 Å². The first-order chi connectivity index (χ1) is 11.6. The van der Waals surface area contributed by atoms with Crippen molar-refractivity contribution >= 4 is 7.18 Å². The van der Waals surface area contributed by atoms with Crippen LogP contribution in [-0.2, 0) is 4.65 Å². The highest BCUT2D eigenvalue weighted by Crippen LogP contribution is 2.72. The van der Waals surface area contributed by atoms with Crippen LogP contribution in [0.5, 0.6) is 0 Å². The molecular weight excluding hydrogens is 324 g/mol. The molecule has 0 N–H and O–H groups in total. The predicted molar refractivity (Wildman–Crippen MR) is 94.5 cm³/mol. The molecule has 1 nitrogen and oxygen atoms in total. The molecule has 0 aromatic rings. The molecule has 4 rings (SSSR count). The van der Waals surface area contributed by atoms with Crippen LogP contribution in [0.4, 0.5) is 12.9 Å². The Morgan fingerprint density at radius 3 is 2.48 bits per heavy atom. The molecule has 1 spiro atoms. The molecule has 4 aliphatic carbocycles. The van der Waals surface area contributed by atoms with Crippen molar-refractivity contribution in [3.05, 3.63) is 18.1 Å². The number of rotatable bonds is 3. The summed E-state index contributed by atoms with van der Waals surface area (Å²) < 4.78 is 41.9. The lowest BCUT2D eigenvalue weighted by atomic mass is 9.36. The Balaban J connectivity index is 1.57. The van der Waals surface area contributed by atoms with E-state index in [0.717, 1.165) is 31.1 Å². The highest BCUT2D eigenvalue weighted by Gasteiger charge is 2.68. The van der Waals surface area contributed by atoms with Crippen LogP contribution in [0.15, 0.2) is 12.2 Å². The van der Waals surface area contributed by atoms with Gasteiger partial charge >= 0.3 is 7.18 Å². The number of hydrogen-bond donors (Lipinski definition) is 0. The van der Waals surface area contributed by atoms with E-state index in [-0.39, 0.29) is 17.9 Å². The van der Waals surface area contributed by atoms with Crippen molar-refractivity contribution in [3.63, 3.8) is 0 Å². The standard InChI is InChI=1S/C20H30BF3O/c1-18(2)9-4-10-19(3)16(18)8-12-20-11-7-15(20)14(5-6-17(19)20)13-25-21(22,23)24/h7,11,15-17H,4-6,8-10,12-13H2,1-3H3/t15-,16+,17-,19+,20+/m1/s1. The molecular formula is C20H30BF3O. The van der Waals surface area contributed by atoms with Gasteiger partial charge in [0.05, 0.1) is 6.42 Å². The molecule has 0 aromatic heterocycles. The van der Waals surface area contributed by atoms with Crippen LogP contribution in [-0.4, -0.2) is 13.8 Å². The molecule has 0 radical (unpaired) electrons. The summed E-state index contributed by atoms with van der Waals surface area (Å²) in [5.41, 5.74) is 0.848. The monoisotopic (exact) mass is 354 g/mol. The first-order valence-electron chi connectivity index (χ1n) is 9.95. The second kappa shape index (κ2) is 5.47. The van der Waals surface area contributed by atoms with Gasteiger partial charge in [-0.2, -0.15) is 0 Å². The van der Waals surface area contributed by atoms with Crippen LogP contribution in [0.3, 0.4) is 0 Å². The van der Waals surface area contributed by atoms with E-state index in [0.29, 0.717) is 16.7 Å². The van der Waals surface area contributed by atoms with Crippen molar-refractivity contribution in [1.29, 1.82) is 0 Å². The molecule has 3 saturated carbocycles. The molecule has 140 valence electrons. The number of fused-ring (bicyclic) bond motifs is 2. The van der Waals surface area contributed by atoms with Gasteiger partial charge in [0.1, 0.15) is 11.8 Å². The molecule has 4 aliphatic rings. The van der Waals surface area contributed by atoms with Gasteiger partial charge in [-0.3, -0.25) is 0 Å². The van der Waals surface area contributed by atoms with E-state index in [1.54, 1.807) is 0 Å². The number of hydrogen-bond acceptors (Lipinski definition) is 1. The minimum Gasteiger partial charge on any atom is -0.472 e. The van der Waals surface area contributed by atoms with E-state index < -0.39 is 7.18 Å². The second-order valence-corrected chi connectivity index (χ2v) is 9.96. The Morgan fingerprint density at radius 1 is 1.08 bits per heavy atom. The molecule has 0 bridgehead atoms. The summed E-state index contributed by atoms with van der Waals surface area (Å²) in [5.74, 6) is 2.56. The third-order valence-corrected chi connectivity index (χ3v) is 8.42. The lowest BCUT2D eigenvalue weighted by Crippen LogP contribution is -2.61. The van der Waals surface area contributed by atoms with E-state index in [9.17, 15) is 12.9 Å². The Morgan fingerprint density at radius 2 is 1.84 bits per heavy atom. The molecule has 25 heavy (non-hydrogen) atoms. The summed E-state index contributed by atoms with van der Waals surface area (Å²) in [7, 11) is -5.15. The molecule has 5 heteroatoms.